The van der Waals surface area contributed by atoms with E-state index in [4.69, 9.17) is 0 Å². The van der Waals surface area contributed by atoms with Crippen molar-refractivity contribution in [1.29, 1.82) is 5.26 Å². The maximum Gasteiger partial charge on any atom is 0.320 e. The van der Waals surface area contributed by atoms with Crippen molar-refractivity contribution in [1.82, 2.24) is 19.3 Å². The molecule has 0 atom stereocenters. The van der Waals surface area contributed by atoms with Crippen molar-refractivity contribution in [2.75, 3.05) is 0 Å². The maximum atomic E-state index is 13.4. The zero-order chi connectivity index (χ0) is 15.7. The normalized spacial score (nSPS) is 12.0. The first-order chi connectivity index (χ1) is 10.6. The molecular weight excluding hydrogens is 288 g/mol. The molecule has 0 fully saturated rings. The van der Waals surface area contributed by atoms with Crippen molar-refractivity contribution in [3.63, 3.8) is 0 Å². The summed E-state index contributed by atoms with van der Waals surface area (Å²) in [5, 5.41) is 13.3. The Morgan fingerprint density at radius 2 is 2.14 bits per heavy atom. The first-order valence-corrected chi connectivity index (χ1v) is 6.46. The summed E-state index contributed by atoms with van der Waals surface area (Å²) in [6.07, 6.45) is 4.73. The lowest BCUT2D eigenvalue weighted by atomic mass is 10.2. The zero-order valence-electron chi connectivity index (χ0n) is 11.6. The van der Waals surface area contributed by atoms with Crippen LogP contribution in [-0.2, 0) is 7.05 Å². The molecule has 22 heavy (non-hydrogen) atoms. The van der Waals surface area contributed by atoms with Gasteiger partial charge in [0.05, 0.1) is 22.8 Å². The first-order valence-electron chi connectivity index (χ1n) is 6.46. The number of nitrogens with zero attached hydrogens (tertiary/aromatic N) is 5. The van der Waals surface area contributed by atoms with Crippen LogP contribution in [0.5, 0.6) is 0 Å². The van der Waals surface area contributed by atoms with Crippen LogP contribution < -0.4 is 0 Å². The zero-order valence-corrected chi connectivity index (χ0v) is 11.6. The third-order valence-corrected chi connectivity index (χ3v) is 3.19. The number of allylic oxidation sites excluding steroid dienone is 1. The van der Waals surface area contributed by atoms with Gasteiger partial charge in [0.25, 0.3) is 0 Å². The molecule has 0 bridgehead atoms. The minimum atomic E-state index is -2.78. The third-order valence-electron chi connectivity index (χ3n) is 3.19. The van der Waals surface area contributed by atoms with E-state index < -0.39 is 6.55 Å². The molecule has 5 nitrogen and oxygen atoms in total. The maximum absolute atomic E-state index is 13.4. The van der Waals surface area contributed by atoms with Gasteiger partial charge in [-0.25, -0.2) is 4.98 Å². The summed E-state index contributed by atoms with van der Waals surface area (Å²) in [6, 6.07) is 8.50. The van der Waals surface area contributed by atoms with Crippen molar-refractivity contribution in [3.8, 4) is 6.07 Å². The average Bonchev–Trinajstić information content (AvgIpc) is 3.07. The molecule has 0 amide bonds. The average molecular weight is 299 g/mol. The number of nitriles is 1. The van der Waals surface area contributed by atoms with E-state index >= 15 is 0 Å². The Hall–Kier alpha value is -3.01. The van der Waals surface area contributed by atoms with Crippen molar-refractivity contribution in [3.05, 3.63) is 48.0 Å². The number of hydrogen-bond donors (Lipinski definition) is 0. The van der Waals surface area contributed by atoms with E-state index in [2.05, 4.69) is 10.1 Å². The van der Waals surface area contributed by atoms with Crippen LogP contribution in [0.1, 0.15) is 17.9 Å². The Morgan fingerprint density at radius 1 is 1.36 bits per heavy atom. The van der Waals surface area contributed by atoms with Gasteiger partial charge in [-0.2, -0.15) is 19.1 Å². The minimum absolute atomic E-state index is 0.0532. The summed E-state index contributed by atoms with van der Waals surface area (Å²) in [6.45, 7) is -2.78. The van der Waals surface area contributed by atoms with Gasteiger partial charge in [0, 0.05) is 18.8 Å². The molecule has 1 aromatic carbocycles. The molecule has 0 spiro atoms. The van der Waals surface area contributed by atoms with Gasteiger partial charge < -0.3 is 0 Å². The van der Waals surface area contributed by atoms with E-state index in [9.17, 15) is 14.0 Å². The lowest BCUT2D eigenvalue weighted by Crippen LogP contribution is -2.03. The van der Waals surface area contributed by atoms with Gasteiger partial charge in [-0.3, -0.25) is 9.25 Å². The molecule has 0 aliphatic rings. The molecule has 3 rings (SSSR count). The fourth-order valence-corrected chi connectivity index (χ4v) is 2.26. The molecule has 3 aromatic rings. The van der Waals surface area contributed by atoms with Crippen LogP contribution in [0.15, 0.2) is 36.7 Å². The van der Waals surface area contributed by atoms with Crippen molar-refractivity contribution < 1.29 is 8.78 Å². The fraction of sp³-hybridized carbons (Fsp3) is 0.133. The highest BCUT2D eigenvalue weighted by Gasteiger charge is 2.20. The topological polar surface area (TPSA) is 59.4 Å². The number of imidazole rings is 1. The number of benzene rings is 1. The minimum Gasteiger partial charge on any atom is -0.275 e. The van der Waals surface area contributed by atoms with Crippen LogP contribution in [0.3, 0.4) is 0 Å². The van der Waals surface area contributed by atoms with Gasteiger partial charge in [-0.1, -0.05) is 12.1 Å². The van der Waals surface area contributed by atoms with Crippen LogP contribution in [0.4, 0.5) is 8.78 Å². The second-order valence-electron chi connectivity index (χ2n) is 4.69. The van der Waals surface area contributed by atoms with Crippen LogP contribution in [0, 0.1) is 11.3 Å². The monoisotopic (exact) mass is 299 g/mol. The Bertz CT molecular complexity index is 898. The van der Waals surface area contributed by atoms with Gasteiger partial charge in [0.1, 0.15) is 6.07 Å². The van der Waals surface area contributed by atoms with E-state index in [1.165, 1.54) is 6.08 Å². The Morgan fingerprint density at radius 3 is 2.77 bits per heavy atom. The third kappa shape index (κ3) is 2.35. The van der Waals surface area contributed by atoms with Crippen LogP contribution in [0.25, 0.3) is 22.7 Å². The Balaban J connectivity index is 2.21. The molecule has 110 valence electrons. The summed E-state index contributed by atoms with van der Waals surface area (Å²) in [7, 11) is 1.73. The predicted octanol–water partition coefficient (Wildman–Crippen LogP) is 3.23. The van der Waals surface area contributed by atoms with Crippen LogP contribution >= 0.6 is 0 Å². The van der Waals surface area contributed by atoms with E-state index in [1.54, 1.807) is 48.4 Å². The summed E-state index contributed by atoms with van der Waals surface area (Å²) in [4.78, 5) is 4.17. The van der Waals surface area contributed by atoms with Gasteiger partial charge in [-0.15, -0.1) is 0 Å². The van der Waals surface area contributed by atoms with Crippen molar-refractivity contribution >= 4 is 22.7 Å². The van der Waals surface area contributed by atoms with E-state index in [0.29, 0.717) is 16.6 Å². The number of aryl methyl sites for hydroxylation is 1. The molecule has 0 saturated heterocycles. The molecule has 2 heterocycles. The summed E-state index contributed by atoms with van der Waals surface area (Å²) >= 11 is 0. The SMILES string of the molecule is Cn1cc(/C=C(/C#N)c2nc3ccccc3n2C(F)F)cn1. The second kappa shape index (κ2) is 5.41. The number of aromatic nitrogens is 4. The van der Waals surface area contributed by atoms with E-state index in [-0.39, 0.29) is 11.4 Å². The van der Waals surface area contributed by atoms with Gasteiger partial charge in [0.2, 0.25) is 0 Å². The lowest BCUT2D eigenvalue weighted by Gasteiger charge is -2.06. The highest BCUT2D eigenvalue weighted by atomic mass is 19.3. The van der Waals surface area contributed by atoms with Crippen LogP contribution in [-0.4, -0.2) is 19.3 Å². The molecule has 0 saturated carbocycles. The fourth-order valence-electron chi connectivity index (χ4n) is 2.26. The molecule has 2 aromatic heterocycles. The molecule has 0 aliphatic carbocycles. The van der Waals surface area contributed by atoms with E-state index in [1.807, 2.05) is 6.07 Å². The standard InChI is InChI=1S/C15H11F2N5/c1-21-9-10(8-19-21)6-11(7-18)14-20-12-4-2-3-5-13(12)22(14)15(16)17/h2-6,8-9,15H,1H3/b11-6-. The molecule has 0 aliphatic heterocycles. The van der Waals surface area contributed by atoms with Crippen LogP contribution in [0.2, 0.25) is 0 Å². The second-order valence-corrected chi connectivity index (χ2v) is 4.69. The van der Waals surface area contributed by atoms with E-state index in [0.717, 1.165) is 4.57 Å². The summed E-state index contributed by atoms with van der Waals surface area (Å²) < 4.78 is 29.1. The number of halogens is 2. The van der Waals surface area contributed by atoms with Crippen molar-refractivity contribution in [2.45, 2.75) is 6.55 Å². The number of para-hydroxylation sites is 2. The van der Waals surface area contributed by atoms with Crippen molar-refractivity contribution in [2.24, 2.45) is 7.05 Å². The Labute approximate surface area is 124 Å². The quantitative estimate of drug-likeness (QED) is 0.698. The molecule has 0 N–H and O–H groups in total. The number of hydrogen-bond acceptors (Lipinski definition) is 3. The lowest BCUT2D eigenvalue weighted by molar-refractivity contribution is 0.0738. The number of fused-ring (bicyclic) bond motifs is 1. The smallest absolute Gasteiger partial charge is 0.275 e. The first kappa shape index (κ1) is 13.9. The predicted molar refractivity (Wildman–Crippen MR) is 77.7 cm³/mol. The Kier molecular flexibility index (Phi) is 3.43. The van der Waals surface area contributed by atoms with Gasteiger partial charge in [-0.05, 0) is 18.2 Å². The molecule has 0 radical (unpaired) electrons. The highest BCUT2D eigenvalue weighted by molar-refractivity contribution is 5.90. The van der Waals surface area contributed by atoms with Gasteiger partial charge >= 0.3 is 6.55 Å². The number of alkyl halides is 2. The summed E-state index contributed by atoms with van der Waals surface area (Å²) in [5.74, 6) is -0.0532. The highest BCUT2D eigenvalue weighted by Crippen LogP contribution is 2.27. The summed E-state index contributed by atoms with van der Waals surface area (Å²) in [5.41, 5.74) is 1.42. The largest absolute Gasteiger partial charge is 0.320 e. The van der Waals surface area contributed by atoms with Gasteiger partial charge in [0.15, 0.2) is 5.82 Å². The molecule has 7 heteroatoms. The number of rotatable bonds is 3. The molecular formula is C15H11F2N5. The molecule has 0 unspecified atom stereocenters.